The van der Waals surface area contributed by atoms with Crippen molar-refractivity contribution in [2.45, 2.75) is 12.6 Å². The van der Waals surface area contributed by atoms with Crippen LogP contribution in [-0.4, -0.2) is 18.6 Å². The Morgan fingerprint density at radius 1 is 1.39 bits per heavy atom. The van der Waals surface area contributed by atoms with E-state index in [1.54, 1.807) is 11.3 Å². The number of rotatable bonds is 3. The van der Waals surface area contributed by atoms with Crippen LogP contribution in [0.4, 0.5) is 0 Å². The molecule has 5 heteroatoms. The van der Waals surface area contributed by atoms with Gasteiger partial charge in [0.05, 0.1) is 5.69 Å². The standard InChI is InChI=1S/C13H14N2O2S/c1-14-6-9-8-18-13(15-9)12-7-16-10-4-2-3-5-11(10)17-12/h2-5,8,12,14H,6-7H2,1H3. The molecule has 1 aromatic heterocycles. The molecule has 18 heavy (non-hydrogen) atoms. The van der Waals surface area contributed by atoms with Gasteiger partial charge < -0.3 is 14.8 Å². The molecule has 2 heterocycles. The third kappa shape index (κ3) is 2.19. The van der Waals surface area contributed by atoms with Crippen LogP contribution in [0.15, 0.2) is 29.6 Å². The van der Waals surface area contributed by atoms with E-state index in [9.17, 15) is 0 Å². The molecule has 0 amide bonds. The highest BCUT2D eigenvalue weighted by atomic mass is 32.1. The van der Waals surface area contributed by atoms with Gasteiger partial charge in [-0.25, -0.2) is 4.98 Å². The number of ether oxygens (including phenoxy) is 2. The molecule has 1 unspecified atom stereocenters. The van der Waals surface area contributed by atoms with Crippen LogP contribution in [-0.2, 0) is 6.54 Å². The van der Waals surface area contributed by atoms with Crippen LogP contribution in [0.5, 0.6) is 11.5 Å². The van der Waals surface area contributed by atoms with Crippen molar-refractivity contribution in [3.05, 3.63) is 40.3 Å². The smallest absolute Gasteiger partial charge is 0.184 e. The highest BCUT2D eigenvalue weighted by Crippen LogP contribution is 2.36. The van der Waals surface area contributed by atoms with Crippen molar-refractivity contribution in [3.63, 3.8) is 0 Å². The third-order valence-corrected chi connectivity index (χ3v) is 3.70. The van der Waals surface area contributed by atoms with Gasteiger partial charge in [-0.05, 0) is 19.2 Å². The zero-order valence-corrected chi connectivity index (χ0v) is 10.9. The lowest BCUT2D eigenvalue weighted by Gasteiger charge is -2.24. The molecule has 1 aliphatic heterocycles. The number of thiazole rings is 1. The van der Waals surface area contributed by atoms with E-state index < -0.39 is 0 Å². The number of nitrogens with one attached hydrogen (secondary N) is 1. The lowest BCUT2D eigenvalue weighted by atomic mass is 10.2. The minimum atomic E-state index is -0.101. The monoisotopic (exact) mass is 262 g/mol. The molecule has 1 N–H and O–H groups in total. The zero-order valence-electron chi connectivity index (χ0n) is 10.1. The van der Waals surface area contributed by atoms with Gasteiger partial charge in [-0.2, -0.15) is 0 Å². The average molecular weight is 262 g/mol. The molecule has 1 aromatic carbocycles. The lowest BCUT2D eigenvalue weighted by molar-refractivity contribution is 0.0910. The fourth-order valence-electron chi connectivity index (χ4n) is 1.87. The van der Waals surface area contributed by atoms with Crippen molar-refractivity contribution in [2.24, 2.45) is 0 Å². The summed E-state index contributed by atoms with van der Waals surface area (Å²) < 4.78 is 11.6. The predicted octanol–water partition coefficient (Wildman–Crippen LogP) is 2.38. The first-order valence-electron chi connectivity index (χ1n) is 5.84. The van der Waals surface area contributed by atoms with Gasteiger partial charge in [0.25, 0.3) is 0 Å². The molecule has 0 saturated carbocycles. The number of para-hydroxylation sites is 2. The summed E-state index contributed by atoms with van der Waals surface area (Å²) in [4.78, 5) is 4.55. The van der Waals surface area contributed by atoms with E-state index in [1.807, 2.05) is 31.3 Å². The van der Waals surface area contributed by atoms with Gasteiger partial charge in [0, 0.05) is 11.9 Å². The molecule has 94 valence electrons. The van der Waals surface area contributed by atoms with Crippen LogP contribution >= 0.6 is 11.3 Å². The maximum atomic E-state index is 5.91. The van der Waals surface area contributed by atoms with Crippen molar-refractivity contribution < 1.29 is 9.47 Å². The molecule has 0 aliphatic carbocycles. The second kappa shape index (κ2) is 4.96. The van der Waals surface area contributed by atoms with Gasteiger partial charge in [-0.3, -0.25) is 0 Å². The van der Waals surface area contributed by atoms with E-state index in [-0.39, 0.29) is 6.10 Å². The number of hydrogen-bond acceptors (Lipinski definition) is 5. The van der Waals surface area contributed by atoms with Crippen LogP contribution in [0.3, 0.4) is 0 Å². The van der Waals surface area contributed by atoms with Crippen LogP contribution in [0.25, 0.3) is 0 Å². The Morgan fingerprint density at radius 3 is 3.06 bits per heavy atom. The van der Waals surface area contributed by atoms with Gasteiger partial charge in [0.2, 0.25) is 0 Å². The van der Waals surface area contributed by atoms with E-state index in [2.05, 4.69) is 15.7 Å². The van der Waals surface area contributed by atoms with Gasteiger partial charge in [-0.1, -0.05) is 12.1 Å². The maximum absolute atomic E-state index is 5.91. The Kier molecular flexibility index (Phi) is 3.17. The minimum Gasteiger partial charge on any atom is -0.485 e. The van der Waals surface area contributed by atoms with Gasteiger partial charge in [0.1, 0.15) is 11.6 Å². The van der Waals surface area contributed by atoms with E-state index >= 15 is 0 Å². The van der Waals surface area contributed by atoms with Gasteiger partial charge in [0.15, 0.2) is 17.6 Å². The average Bonchev–Trinajstić information content (AvgIpc) is 2.87. The fourth-order valence-corrected chi connectivity index (χ4v) is 2.70. The summed E-state index contributed by atoms with van der Waals surface area (Å²) in [6.07, 6.45) is -0.101. The molecule has 0 spiro atoms. The van der Waals surface area contributed by atoms with E-state index in [0.717, 1.165) is 28.7 Å². The summed E-state index contributed by atoms with van der Waals surface area (Å²) in [5.41, 5.74) is 1.04. The highest BCUT2D eigenvalue weighted by Gasteiger charge is 2.24. The molecule has 4 nitrogen and oxygen atoms in total. The van der Waals surface area contributed by atoms with Crippen molar-refractivity contribution in [1.82, 2.24) is 10.3 Å². The molecule has 0 bridgehead atoms. The quantitative estimate of drug-likeness (QED) is 0.922. The Balaban J connectivity index is 1.78. The molecule has 1 atom stereocenters. The molecular weight excluding hydrogens is 248 g/mol. The van der Waals surface area contributed by atoms with E-state index in [0.29, 0.717) is 6.61 Å². The summed E-state index contributed by atoms with van der Waals surface area (Å²) in [6.45, 7) is 1.30. The molecule has 1 aliphatic rings. The van der Waals surface area contributed by atoms with Crippen molar-refractivity contribution in [1.29, 1.82) is 0 Å². The number of fused-ring (bicyclic) bond motifs is 1. The summed E-state index contributed by atoms with van der Waals surface area (Å²) in [5.74, 6) is 1.60. The summed E-state index contributed by atoms with van der Waals surface area (Å²) in [6, 6.07) is 7.72. The largest absolute Gasteiger partial charge is 0.485 e. The van der Waals surface area contributed by atoms with Crippen molar-refractivity contribution in [2.75, 3.05) is 13.7 Å². The van der Waals surface area contributed by atoms with E-state index in [4.69, 9.17) is 9.47 Å². The summed E-state index contributed by atoms with van der Waals surface area (Å²) in [7, 11) is 1.91. The molecule has 0 fully saturated rings. The van der Waals surface area contributed by atoms with Crippen LogP contribution in [0.1, 0.15) is 16.8 Å². The van der Waals surface area contributed by atoms with Gasteiger partial charge >= 0.3 is 0 Å². The third-order valence-electron chi connectivity index (χ3n) is 2.71. The van der Waals surface area contributed by atoms with Crippen molar-refractivity contribution >= 4 is 11.3 Å². The lowest BCUT2D eigenvalue weighted by Crippen LogP contribution is -2.21. The summed E-state index contributed by atoms with van der Waals surface area (Å²) in [5, 5.41) is 6.11. The first kappa shape index (κ1) is 11.5. The molecule has 0 radical (unpaired) electrons. The Morgan fingerprint density at radius 2 is 2.22 bits per heavy atom. The number of hydrogen-bond donors (Lipinski definition) is 1. The Bertz CT molecular complexity index is 541. The topological polar surface area (TPSA) is 43.4 Å². The first-order valence-corrected chi connectivity index (χ1v) is 6.72. The second-order valence-corrected chi connectivity index (χ2v) is 4.96. The van der Waals surface area contributed by atoms with Crippen molar-refractivity contribution in [3.8, 4) is 11.5 Å². The molecular formula is C13H14N2O2S. The SMILES string of the molecule is CNCc1csc(C2COc3ccccc3O2)n1. The number of nitrogens with zero attached hydrogens (tertiary/aromatic N) is 1. The summed E-state index contributed by atoms with van der Waals surface area (Å²) >= 11 is 1.61. The number of benzene rings is 1. The number of aromatic nitrogens is 1. The normalized spacial score (nSPS) is 17.7. The molecule has 3 rings (SSSR count). The predicted molar refractivity (Wildman–Crippen MR) is 70.2 cm³/mol. The van der Waals surface area contributed by atoms with Gasteiger partial charge in [-0.15, -0.1) is 11.3 Å². The van der Waals surface area contributed by atoms with Crippen LogP contribution in [0.2, 0.25) is 0 Å². The molecule has 2 aromatic rings. The van der Waals surface area contributed by atoms with Crippen LogP contribution < -0.4 is 14.8 Å². The second-order valence-electron chi connectivity index (χ2n) is 4.07. The zero-order chi connectivity index (χ0) is 12.4. The Hall–Kier alpha value is -1.59. The first-order chi connectivity index (χ1) is 8.86. The fraction of sp³-hybridized carbons (Fsp3) is 0.308. The highest BCUT2D eigenvalue weighted by molar-refractivity contribution is 7.09. The van der Waals surface area contributed by atoms with E-state index in [1.165, 1.54) is 0 Å². The molecule has 0 saturated heterocycles. The maximum Gasteiger partial charge on any atom is 0.184 e. The Labute approximate surface area is 110 Å². The van der Waals surface area contributed by atoms with Crippen LogP contribution in [0, 0.1) is 0 Å². The minimum absolute atomic E-state index is 0.101.